The van der Waals surface area contributed by atoms with Gasteiger partial charge in [0.1, 0.15) is 6.10 Å². The highest BCUT2D eigenvalue weighted by atomic mass is 16.5. The Morgan fingerprint density at radius 2 is 2.10 bits per heavy atom. The highest BCUT2D eigenvalue weighted by Gasteiger charge is 2.25. The van der Waals surface area contributed by atoms with Gasteiger partial charge in [0.15, 0.2) is 0 Å². The van der Waals surface area contributed by atoms with Gasteiger partial charge >= 0.3 is 0 Å². The van der Waals surface area contributed by atoms with E-state index in [-0.39, 0.29) is 18.1 Å². The summed E-state index contributed by atoms with van der Waals surface area (Å²) >= 11 is 0. The topological polar surface area (TPSA) is 50.4 Å². The first-order chi connectivity index (χ1) is 10.2. The van der Waals surface area contributed by atoms with Crippen molar-refractivity contribution in [3.63, 3.8) is 0 Å². The minimum absolute atomic E-state index is 0.0285. The summed E-state index contributed by atoms with van der Waals surface area (Å²) in [6.07, 6.45) is 5.21. The smallest absolute Gasteiger partial charge is 0.249 e. The Morgan fingerprint density at radius 3 is 2.90 bits per heavy atom. The minimum atomic E-state index is -0.386. The molecule has 1 aliphatic carbocycles. The van der Waals surface area contributed by atoms with Crippen molar-refractivity contribution in [2.24, 2.45) is 0 Å². The summed E-state index contributed by atoms with van der Waals surface area (Å²) < 4.78 is 5.95. The first-order valence-electron chi connectivity index (χ1n) is 8.00. The largest absolute Gasteiger partial charge is 0.382 e. The molecule has 1 saturated carbocycles. The van der Waals surface area contributed by atoms with Crippen LogP contribution >= 0.6 is 0 Å². The van der Waals surface area contributed by atoms with Crippen molar-refractivity contribution in [2.75, 3.05) is 11.9 Å². The van der Waals surface area contributed by atoms with Gasteiger partial charge in [0.2, 0.25) is 5.91 Å². The number of carbonyl (C=O) groups excluding carboxylic acids is 1. The number of anilines is 1. The summed E-state index contributed by atoms with van der Waals surface area (Å²) in [7, 11) is 0. The van der Waals surface area contributed by atoms with Crippen molar-refractivity contribution in [1.82, 2.24) is 5.32 Å². The summed E-state index contributed by atoms with van der Waals surface area (Å²) in [4.78, 5) is 12.2. The quantitative estimate of drug-likeness (QED) is 0.895. The molecule has 2 atom stereocenters. The molecule has 0 aromatic heterocycles. The van der Waals surface area contributed by atoms with Crippen LogP contribution in [0.1, 0.15) is 38.2 Å². The minimum Gasteiger partial charge on any atom is -0.382 e. The molecule has 1 aromatic rings. The van der Waals surface area contributed by atoms with E-state index >= 15 is 0 Å². The molecular formula is C17H24N2O2. The lowest BCUT2D eigenvalue weighted by Crippen LogP contribution is -2.43. The van der Waals surface area contributed by atoms with E-state index < -0.39 is 0 Å². The second-order valence-electron chi connectivity index (χ2n) is 6.13. The average Bonchev–Trinajstić information content (AvgIpc) is 3.00. The fraction of sp³-hybridized carbons (Fsp3) is 0.588. The Bertz CT molecular complexity index is 497. The van der Waals surface area contributed by atoms with E-state index in [1.54, 1.807) is 0 Å². The van der Waals surface area contributed by atoms with Crippen molar-refractivity contribution >= 4 is 11.6 Å². The second kappa shape index (κ2) is 6.48. The third-order valence-electron chi connectivity index (χ3n) is 4.45. The number of nitrogens with one attached hydrogen (secondary N) is 2. The van der Waals surface area contributed by atoms with Gasteiger partial charge in [0.25, 0.3) is 0 Å². The predicted molar refractivity (Wildman–Crippen MR) is 83.4 cm³/mol. The number of para-hydroxylation sites is 1. The van der Waals surface area contributed by atoms with Gasteiger partial charge in [-0.25, -0.2) is 0 Å². The van der Waals surface area contributed by atoms with E-state index in [0.29, 0.717) is 6.04 Å². The van der Waals surface area contributed by atoms with Crippen molar-refractivity contribution in [3.05, 3.63) is 29.8 Å². The van der Waals surface area contributed by atoms with Crippen LogP contribution in [0.15, 0.2) is 24.3 Å². The zero-order chi connectivity index (χ0) is 14.7. The van der Waals surface area contributed by atoms with E-state index in [2.05, 4.69) is 22.8 Å². The standard InChI is InChI=1S/C17H24N2O2/c1-12(17(20)19-14-7-3-4-8-14)21-15-10-13-6-2-5-9-16(13)18-11-15/h2,5-6,9,12,14-15,18H,3-4,7-8,10-11H2,1H3,(H,19,20). The molecule has 1 amide bonds. The lowest BCUT2D eigenvalue weighted by atomic mass is 10.0. The summed E-state index contributed by atoms with van der Waals surface area (Å²) in [6, 6.07) is 8.63. The lowest BCUT2D eigenvalue weighted by molar-refractivity contribution is -0.135. The fourth-order valence-corrected chi connectivity index (χ4v) is 3.25. The van der Waals surface area contributed by atoms with Crippen molar-refractivity contribution < 1.29 is 9.53 Å². The van der Waals surface area contributed by atoms with Gasteiger partial charge in [-0.2, -0.15) is 0 Å². The molecule has 2 N–H and O–H groups in total. The molecule has 1 aliphatic heterocycles. The van der Waals surface area contributed by atoms with Gasteiger partial charge in [-0.15, -0.1) is 0 Å². The normalized spacial score (nSPS) is 23.2. The number of fused-ring (bicyclic) bond motifs is 1. The number of ether oxygens (including phenoxy) is 1. The number of hydrogen-bond donors (Lipinski definition) is 2. The molecule has 2 unspecified atom stereocenters. The third kappa shape index (κ3) is 3.56. The zero-order valence-electron chi connectivity index (χ0n) is 12.6. The first-order valence-corrected chi connectivity index (χ1v) is 8.00. The maximum atomic E-state index is 12.2. The molecule has 0 radical (unpaired) electrons. The van der Waals surface area contributed by atoms with Gasteiger partial charge in [0, 0.05) is 24.7 Å². The van der Waals surface area contributed by atoms with E-state index in [9.17, 15) is 4.79 Å². The van der Waals surface area contributed by atoms with Crippen molar-refractivity contribution in [3.8, 4) is 0 Å². The van der Waals surface area contributed by atoms with Crippen LogP contribution in [0.4, 0.5) is 5.69 Å². The summed E-state index contributed by atoms with van der Waals surface area (Å²) in [5.74, 6) is 0.0285. The summed E-state index contributed by atoms with van der Waals surface area (Å²) in [5, 5.41) is 6.48. The molecular weight excluding hydrogens is 264 g/mol. The van der Waals surface area contributed by atoms with Crippen LogP contribution in [-0.2, 0) is 16.0 Å². The van der Waals surface area contributed by atoms with Gasteiger partial charge < -0.3 is 15.4 Å². The number of amides is 1. The monoisotopic (exact) mass is 288 g/mol. The second-order valence-corrected chi connectivity index (χ2v) is 6.13. The maximum absolute atomic E-state index is 12.2. The van der Waals surface area contributed by atoms with Gasteiger partial charge in [-0.05, 0) is 31.4 Å². The van der Waals surface area contributed by atoms with Crippen LogP contribution in [0.5, 0.6) is 0 Å². The number of rotatable bonds is 4. The maximum Gasteiger partial charge on any atom is 0.249 e. The van der Waals surface area contributed by atoms with E-state index in [1.165, 1.54) is 24.1 Å². The highest BCUT2D eigenvalue weighted by Crippen LogP contribution is 2.23. The first kappa shape index (κ1) is 14.4. The van der Waals surface area contributed by atoms with Crippen LogP contribution in [0.3, 0.4) is 0 Å². The Hall–Kier alpha value is -1.55. The third-order valence-corrected chi connectivity index (χ3v) is 4.45. The number of benzene rings is 1. The summed E-state index contributed by atoms with van der Waals surface area (Å²) in [6.45, 7) is 2.61. The van der Waals surface area contributed by atoms with E-state index in [4.69, 9.17) is 4.74 Å². The van der Waals surface area contributed by atoms with E-state index in [1.807, 2.05) is 19.1 Å². The van der Waals surface area contributed by atoms with Gasteiger partial charge in [-0.3, -0.25) is 4.79 Å². The Balaban J connectivity index is 1.51. The molecule has 0 spiro atoms. The molecule has 2 aliphatic rings. The molecule has 1 fully saturated rings. The van der Waals surface area contributed by atoms with Gasteiger partial charge in [-0.1, -0.05) is 31.0 Å². The van der Waals surface area contributed by atoms with Crippen LogP contribution in [-0.4, -0.2) is 30.7 Å². The molecule has 4 nitrogen and oxygen atoms in total. The number of hydrogen-bond acceptors (Lipinski definition) is 3. The van der Waals surface area contributed by atoms with Crippen molar-refractivity contribution in [2.45, 2.75) is 57.3 Å². The van der Waals surface area contributed by atoms with Crippen LogP contribution in [0.25, 0.3) is 0 Å². The number of carbonyl (C=O) groups is 1. The van der Waals surface area contributed by atoms with Crippen molar-refractivity contribution in [1.29, 1.82) is 0 Å². The SMILES string of the molecule is CC(OC1CNc2ccccc2C1)C(=O)NC1CCCC1. The Kier molecular flexibility index (Phi) is 4.44. The Morgan fingerprint density at radius 1 is 1.33 bits per heavy atom. The average molecular weight is 288 g/mol. The fourth-order valence-electron chi connectivity index (χ4n) is 3.25. The molecule has 0 saturated heterocycles. The predicted octanol–water partition coefficient (Wildman–Crippen LogP) is 2.49. The molecule has 21 heavy (non-hydrogen) atoms. The molecule has 0 bridgehead atoms. The van der Waals surface area contributed by atoms with Crippen LogP contribution in [0.2, 0.25) is 0 Å². The molecule has 1 heterocycles. The molecule has 3 rings (SSSR count). The van der Waals surface area contributed by atoms with Crippen LogP contribution in [0, 0.1) is 0 Å². The highest BCUT2D eigenvalue weighted by molar-refractivity contribution is 5.80. The van der Waals surface area contributed by atoms with Crippen LogP contribution < -0.4 is 10.6 Å². The molecule has 4 heteroatoms. The lowest BCUT2D eigenvalue weighted by Gasteiger charge is -2.28. The van der Waals surface area contributed by atoms with Gasteiger partial charge in [0.05, 0.1) is 6.10 Å². The zero-order valence-corrected chi connectivity index (χ0v) is 12.6. The van der Waals surface area contributed by atoms with E-state index in [0.717, 1.165) is 25.8 Å². The Labute approximate surface area is 126 Å². The summed E-state index contributed by atoms with van der Waals surface area (Å²) in [5.41, 5.74) is 2.44. The molecule has 1 aromatic carbocycles. The molecule has 114 valence electrons.